The molecule has 1 aliphatic heterocycles. The van der Waals surface area contributed by atoms with Gasteiger partial charge in [0.1, 0.15) is 6.04 Å². The Balaban J connectivity index is 1.54. The van der Waals surface area contributed by atoms with Gasteiger partial charge in [0.15, 0.2) is 0 Å². The minimum atomic E-state index is -3.35. The molecule has 3 rings (SSSR count). The highest BCUT2D eigenvalue weighted by atomic mass is 32.2. The first-order chi connectivity index (χ1) is 10.5. The van der Waals surface area contributed by atoms with Gasteiger partial charge in [0.2, 0.25) is 15.9 Å². The van der Waals surface area contributed by atoms with Crippen molar-refractivity contribution in [3.63, 3.8) is 0 Å². The molecule has 0 spiro atoms. The first kappa shape index (κ1) is 15.5. The molecule has 1 aromatic carbocycles. The van der Waals surface area contributed by atoms with Crippen molar-refractivity contribution in [1.29, 1.82) is 0 Å². The van der Waals surface area contributed by atoms with E-state index < -0.39 is 16.1 Å². The normalized spacial score (nSPS) is 22.3. The number of carbonyl (C=O) groups is 1. The quantitative estimate of drug-likeness (QED) is 0.827. The van der Waals surface area contributed by atoms with Gasteiger partial charge in [-0.3, -0.25) is 4.79 Å². The van der Waals surface area contributed by atoms with Crippen LogP contribution in [0.5, 0.6) is 0 Å². The van der Waals surface area contributed by atoms with Crippen LogP contribution in [0.2, 0.25) is 0 Å². The van der Waals surface area contributed by atoms with Gasteiger partial charge in [-0.05, 0) is 24.3 Å². The third kappa shape index (κ3) is 4.08. The van der Waals surface area contributed by atoms with Gasteiger partial charge < -0.3 is 4.90 Å². The van der Waals surface area contributed by atoms with Gasteiger partial charge in [0, 0.05) is 13.1 Å². The molecule has 120 valence electrons. The SMILES string of the molecule is O=C1[C@@H](NS(=O)(=O)CCC2CC2)CCN1Cc1ccccc1. The molecule has 1 saturated carbocycles. The monoisotopic (exact) mass is 322 g/mol. The highest BCUT2D eigenvalue weighted by molar-refractivity contribution is 7.89. The Morgan fingerprint density at radius 3 is 2.55 bits per heavy atom. The van der Waals surface area contributed by atoms with E-state index in [1.54, 1.807) is 4.90 Å². The van der Waals surface area contributed by atoms with Crippen LogP contribution in [-0.2, 0) is 21.4 Å². The van der Waals surface area contributed by atoms with Crippen molar-refractivity contribution in [3.8, 4) is 0 Å². The fourth-order valence-corrected chi connectivity index (χ4v) is 4.23. The second kappa shape index (κ2) is 6.38. The average Bonchev–Trinajstić information content (AvgIpc) is 3.27. The van der Waals surface area contributed by atoms with Gasteiger partial charge in [0.25, 0.3) is 0 Å². The van der Waals surface area contributed by atoms with Crippen molar-refractivity contribution in [2.24, 2.45) is 5.92 Å². The second-order valence-corrected chi connectivity index (χ2v) is 8.13. The molecule has 0 radical (unpaired) electrons. The van der Waals surface area contributed by atoms with E-state index in [1.807, 2.05) is 30.3 Å². The highest BCUT2D eigenvalue weighted by Crippen LogP contribution is 2.32. The summed E-state index contributed by atoms with van der Waals surface area (Å²) in [6.45, 7) is 1.14. The summed E-state index contributed by atoms with van der Waals surface area (Å²) in [6, 6.07) is 9.17. The van der Waals surface area contributed by atoms with Crippen molar-refractivity contribution in [3.05, 3.63) is 35.9 Å². The van der Waals surface area contributed by atoms with Gasteiger partial charge in [0.05, 0.1) is 5.75 Å². The lowest BCUT2D eigenvalue weighted by atomic mass is 10.2. The van der Waals surface area contributed by atoms with Crippen molar-refractivity contribution >= 4 is 15.9 Å². The van der Waals surface area contributed by atoms with Crippen LogP contribution >= 0.6 is 0 Å². The molecular formula is C16H22N2O3S. The molecule has 2 aliphatic rings. The van der Waals surface area contributed by atoms with E-state index in [4.69, 9.17) is 0 Å². The zero-order valence-corrected chi connectivity index (χ0v) is 13.4. The van der Waals surface area contributed by atoms with E-state index in [1.165, 1.54) is 0 Å². The van der Waals surface area contributed by atoms with Crippen LogP contribution in [0.1, 0.15) is 31.2 Å². The van der Waals surface area contributed by atoms with Crippen molar-refractivity contribution in [1.82, 2.24) is 9.62 Å². The number of amides is 1. The predicted octanol–water partition coefficient (Wildman–Crippen LogP) is 1.51. The molecule has 0 unspecified atom stereocenters. The molecule has 0 aromatic heterocycles. The molecule has 1 amide bonds. The van der Waals surface area contributed by atoms with Crippen LogP contribution in [0.25, 0.3) is 0 Å². The Kier molecular flexibility index (Phi) is 4.49. The average molecular weight is 322 g/mol. The van der Waals surface area contributed by atoms with Crippen molar-refractivity contribution in [2.45, 2.75) is 38.3 Å². The summed E-state index contributed by atoms with van der Waals surface area (Å²) in [5, 5.41) is 0. The Morgan fingerprint density at radius 2 is 1.86 bits per heavy atom. The highest BCUT2D eigenvalue weighted by Gasteiger charge is 2.34. The molecule has 2 fully saturated rings. The Bertz CT molecular complexity index is 626. The molecule has 1 N–H and O–H groups in total. The Morgan fingerprint density at radius 1 is 1.14 bits per heavy atom. The molecule has 1 heterocycles. The van der Waals surface area contributed by atoms with Crippen molar-refractivity contribution in [2.75, 3.05) is 12.3 Å². The Labute approximate surface area is 131 Å². The largest absolute Gasteiger partial charge is 0.337 e. The number of nitrogens with one attached hydrogen (secondary N) is 1. The molecule has 0 bridgehead atoms. The minimum absolute atomic E-state index is 0.112. The summed E-state index contributed by atoms with van der Waals surface area (Å²) in [6.07, 6.45) is 3.55. The van der Waals surface area contributed by atoms with Crippen LogP contribution in [0, 0.1) is 5.92 Å². The van der Waals surface area contributed by atoms with Crippen molar-refractivity contribution < 1.29 is 13.2 Å². The maximum atomic E-state index is 12.3. The number of sulfonamides is 1. The van der Waals surface area contributed by atoms with E-state index in [0.717, 1.165) is 18.4 Å². The molecule has 1 saturated heterocycles. The fraction of sp³-hybridized carbons (Fsp3) is 0.562. The minimum Gasteiger partial charge on any atom is -0.337 e. The third-order valence-corrected chi connectivity index (χ3v) is 5.74. The first-order valence-electron chi connectivity index (χ1n) is 7.86. The molecular weight excluding hydrogens is 300 g/mol. The number of benzene rings is 1. The zero-order valence-electron chi connectivity index (χ0n) is 12.6. The van der Waals surface area contributed by atoms with Crippen LogP contribution in [-0.4, -0.2) is 37.6 Å². The van der Waals surface area contributed by atoms with Gasteiger partial charge >= 0.3 is 0 Å². The number of hydrogen-bond donors (Lipinski definition) is 1. The third-order valence-electron chi connectivity index (χ3n) is 4.33. The zero-order chi connectivity index (χ0) is 15.6. The lowest BCUT2D eigenvalue weighted by molar-refractivity contribution is -0.129. The summed E-state index contributed by atoms with van der Waals surface area (Å²) in [5.74, 6) is 0.601. The smallest absolute Gasteiger partial charge is 0.241 e. The molecule has 6 heteroatoms. The summed E-state index contributed by atoms with van der Waals surface area (Å²) in [7, 11) is -3.35. The van der Waals surface area contributed by atoms with Crippen LogP contribution in [0.3, 0.4) is 0 Å². The number of rotatable bonds is 7. The van der Waals surface area contributed by atoms with E-state index in [9.17, 15) is 13.2 Å². The van der Waals surface area contributed by atoms with E-state index in [2.05, 4.69) is 4.72 Å². The standard InChI is InChI=1S/C16H22N2O3S/c19-16-15(17-22(20,21)11-9-13-6-7-13)8-10-18(16)12-14-4-2-1-3-5-14/h1-5,13,15,17H,6-12H2/t15-/m0/s1. The number of hydrogen-bond acceptors (Lipinski definition) is 3. The lowest BCUT2D eigenvalue weighted by Crippen LogP contribution is -2.42. The van der Waals surface area contributed by atoms with Crippen LogP contribution in [0.4, 0.5) is 0 Å². The van der Waals surface area contributed by atoms with E-state index in [0.29, 0.717) is 31.8 Å². The number of carbonyl (C=O) groups excluding carboxylic acids is 1. The summed E-state index contributed by atoms with van der Waals surface area (Å²) in [4.78, 5) is 14.1. The molecule has 1 aromatic rings. The fourth-order valence-electron chi connectivity index (χ4n) is 2.81. The first-order valence-corrected chi connectivity index (χ1v) is 9.51. The maximum absolute atomic E-state index is 12.3. The van der Waals surface area contributed by atoms with E-state index in [-0.39, 0.29) is 11.7 Å². The maximum Gasteiger partial charge on any atom is 0.241 e. The molecule has 22 heavy (non-hydrogen) atoms. The van der Waals surface area contributed by atoms with Crippen LogP contribution < -0.4 is 4.72 Å². The second-order valence-electron chi connectivity index (χ2n) is 6.26. The van der Waals surface area contributed by atoms with Gasteiger partial charge in [-0.2, -0.15) is 0 Å². The molecule has 1 atom stereocenters. The Hall–Kier alpha value is -1.40. The lowest BCUT2D eigenvalue weighted by Gasteiger charge is -2.17. The number of likely N-dealkylation sites (tertiary alicyclic amines) is 1. The summed E-state index contributed by atoms with van der Waals surface area (Å²) >= 11 is 0. The predicted molar refractivity (Wildman–Crippen MR) is 84.5 cm³/mol. The molecule has 5 nitrogen and oxygen atoms in total. The van der Waals surface area contributed by atoms with Crippen LogP contribution in [0.15, 0.2) is 30.3 Å². The van der Waals surface area contributed by atoms with Gasteiger partial charge in [-0.1, -0.05) is 43.2 Å². The topological polar surface area (TPSA) is 66.5 Å². The number of nitrogens with zero attached hydrogens (tertiary/aromatic N) is 1. The van der Waals surface area contributed by atoms with E-state index >= 15 is 0 Å². The van der Waals surface area contributed by atoms with Gasteiger partial charge in [-0.25, -0.2) is 13.1 Å². The summed E-state index contributed by atoms with van der Waals surface area (Å²) in [5.41, 5.74) is 1.06. The molecule has 1 aliphatic carbocycles. The summed E-state index contributed by atoms with van der Waals surface area (Å²) < 4.78 is 26.7. The van der Waals surface area contributed by atoms with Gasteiger partial charge in [-0.15, -0.1) is 0 Å².